The molecular formula is C24H43NO2. The Bertz CT molecular complexity index is 538. The molecule has 3 nitrogen and oxygen atoms in total. The summed E-state index contributed by atoms with van der Waals surface area (Å²) in [6, 6.07) is 0. The van der Waals surface area contributed by atoms with Gasteiger partial charge in [-0.25, -0.2) is 0 Å². The Labute approximate surface area is 166 Å². The van der Waals surface area contributed by atoms with E-state index in [-0.39, 0.29) is 12.2 Å². The molecule has 0 radical (unpaired) electrons. The molecule has 0 spiro atoms. The fourth-order valence-corrected chi connectivity index (χ4v) is 8.90. The van der Waals surface area contributed by atoms with Gasteiger partial charge in [0.05, 0.1) is 12.2 Å². The first-order chi connectivity index (χ1) is 12.9. The number of aliphatic hydroxyl groups excluding tert-OH is 2. The third-order valence-corrected chi connectivity index (χ3v) is 10.3. The summed E-state index contributed by atoms with van der Waals surface area (Å²) >= 11 is 0. The molecule has 0 heterocycles. The lowest BCUT2D eigenvalue weighted by atomic mass is 9.41. The second kappa shape index (κ2) is 7.29. The van der Waals surface area contributed by atoms with Crippen LogP contribution in [0.5, 0.6) is 0 Å². The van der Waals surface area contributed by atoms with E-state index in [0.717, 1.165) is 44.6 Å². The van der Waals surface area contributed by atoms with Crippen molar-refractivity contribution in [3.63, 3.8) is 0 Å². The first-order valence-corrected chi connectivity index (χ1v) is 11.9. The lowest BCUT2D eigenvalue weighted by Gasteiger charge is -2.64. The SMILES string of the molecule is CC[C@@H]1C2C[C@H](O)CCC2(C)[C@H]2CCC3(C)C(CCCN)CC[C@H]3[C@@H]2[C@@H]1O. The molecule has 0 saturated heterocycles. The molecule has 0 bridgehead atoms. The molecule has 4 unspecified atom stereocenters. The lowest BCUT2D eigenvalue weighted by molar-refractivity contribution is -0.202. The smallest absolute Gasteiger partial charge is 0.0605 e. The summed E-state index contributed by atoms with van der Waals surface area (Å²) in [5.74, 6) is 3.50. The zero-order chi connectivity index (χ0) is 19.4. The van der Waals surface area contributed by atoms with Crippen molar-refractivity contribution in [1.82, 2.24) is 0 Å². The van der Waals surface area contributed by atoms with Crippen LogP contribution in [0, 0.1) is 46.3 Å². The zero-order valence-electron chi connectivity index (χ0n) is 17.9. The van der Waals surface area contributed by atoms with Crippen LogP contribution in [0.25, 0.3) is 0 Å². The third kappa shape index (κ3) is 2.94. The quantitative estimate of drug-likeness (QED) is 0.682. The van der Waals surface area contributed by atoms with Crippen LogP contribution in [0.15, 0.2) is 0 Å². The van der Waals surface area contributed by atoms with E-state index in [0.29, 0.717) is 40.4 Å². The standard InChI is InChI=1S/C24H43NO2/c1-4-17-20-14-16(26)9-11-24(20,3)19-10-12-23(2)15(6-5-13-25)7-8-18(23)21(19)22(17)27/h15-22,26-27H,4-14,25H2,1-3H3/t15?,16-,17-,18+,19+,20?,21+,22-,23?,24?/m1/s1. The topological polar surface area (TPSA) is 66.5 Å². The van der Waals surface area contributed by atoms with E-state index in [2.05, 4.69) is 20.8 Å². The van der Waals surface area contributed by atoms with Crippen molar-refractivity contribution in [2.45, 2.75) is 97.2 Å². The summed E-state index contributed by atoms with van der Waals surface area (Å²) in [7, 11) is 0. The van der Waals surface area contributed by atoms with Gasteiger partial charge in [-0.15, -0.1) is 0 Å². The minimum absolute atomic E-state index is 0.151. The van der Waals surface area contributed by atoms with Crippen LogP contribution in [-0.4, -0.2) is 29.0 Å². The molecule has 4 N–H and O–H groups in total. The van der Waals surface area contributed by atoms with Gasteiger partial charge in [-0.2, -0.15) is 0 Å². The largest absolute Gasteiger partial charge is 0.393 e. The normalized spacial score (nSPS) is 54.9. The third-order valence-electron chi connectivity index (χ3n) is 10.3. The number of hydrogen-bond donors (Lipinski definition) is 3. The van der Waals surface area contributed by atoms with Crippen LogP contribution in [0.2, 0.25) is 0 Å². The van der Waals surface area contributed by atoms with Crippen LogP contribution in [0.4, 0.5) is 0 Å². The molecule has 0 aliphatic heterocycles. The molecule has 4 aliphatic rings. The first kappa shape index (κ1) is 20.2. The van der Waals surface area contributed by atoms with Gasteiger partial charge in [0.25, 0.3) is 0 Å². The van der Waals surface area contributed by atoms with Crippen molar-refractivity contribution in [2.24, 2.45) is 52.1 Å². The van der Waals surface area contributed by atoms with Crippen molar-refractivity contribution in [1.29, 1.82) is 0 Å². The average molecular weight is 378 g/mol. The van der Waals surface area contributed by atoms with Gasteiger partial charge in [-0.3, -0.25) is 0 Å². The highest BCUT2D eigenvalue weighted by molar-refractivity contribution is 5.13. The molecule has 0 amide bonds. The Kier molecular flexibility index (Phi) is 5.44. The minimum Gasteiger partial charge on any atom is -0.393 e. The van der Waals surface area contributed by atoms with E-state index in [1.807, 2.05) is 0 Å². The first-order valence-electron chi connectivity index (χ1n) is 11.9. The predicted molar refractivity (Wildman–Crippen MR) is 110 cm³/mol. The molecular weight excluding hydrogens is 334 g/mol. The number of nitrogens with two attached hydrogens (primary N) is 1. The van der Waals surface area contributed by atoms with Crippen LogP contribution in [-0.2, 0) is 0 Å². The van der Waals surface area contributed by atoms with Gasteiger partial charge < -0.3 is 15.9 Å². The summed E-state index contributed by atoms with van der Waals surface area (Å²) in [6.07, 6.45) is 11.5. The van der Waals surface area contributed by atoms with Crippen molar-refractivity contribution < 1.29 is 10.2 Å². The summed E-state index contributed by atoms with van der Waals surface area (Å²) in [6.45, 7) is 8.15. The number of aliphatic hydroxyl groups is 2. The maximum absolute atomic E-state index is 11.6. The van der Waals surface area contributed by atoms with E-state index in [4.69, 9.17) is 5.73 Å². The van der Waals surface area contributed by atoms with E-state index < -0.39 is 0 Å². The Morgan fingerprint density at radius 2 is 1.63 bits per heavy atom. The van der Waals surface area contributed by atoms with E-state index in [1.165, 1.54) is 32.1 Å². The van der Waals surface area contributed by atoms with Crippen molar-refractivity contribution in [3.8, 4) is 0 Å². The minimum atomic E-state index is -0.166. The fraction of sp³-hybridized carbons (Fsp3) is 1.00. The highest BCUT2D eigenvalue weighted by Gasteiger charge is 2.64. The lowest BCUT2D eigenvalue weighted by Crippen LogP contribution is -2.62. The van der Waals surface area contributed by atoms with Gasteiger partial charge in [0.1, 0.15) is 0 Å². The van der Waals surface area contributed by atoms with Gasteiger partial charge in [-0.05, 0) is 111 Å². The maximum Gasteiger partial charge on any atom is 0.0605 e. The van der Waals surface area contributed by atoms with Crippen LogP contribution >= 0.6 is 0 Å². The predicted octanol–water partition coefficient (Wildman–Crippen LogP) is 4.35. The van der Waals surface area contributed by atoms with Crippen molar-refractivity contribution >= 4 is 0 Å². The molecule has 4 aliphatic carbocycles. The number of hydrogen-bond acceptors (Lipinski definition) is 3. The van der Waals surface area contributed by atoms with Crippen LogP contribution in [0.1, 0.15) is 85.0 Å². The Morgan fingerprint density at radius 3 is 2.33 bits per heavy atom. The number of fused-ring (bicyclic) bond motifs is 5. The highest BCUT2D eigenvalue weighted by atomic mass is 16.3. The van der Waals surface area contributed by atoms with E-state index in [9.17, 15) is 10.2 Å². The second-order valence-electron chi connectivity index (χ2n) is 11.1. The Hall–Kier alpha value is -0.120. The molecule has 4 saturated carbocycles. The number of rotatable bonds is 4. The van der Waals surface area contributed by atoms with E-state index in [1.54, 1.807) is 0 Å². The van der Waals surface area contributed by atoms with Gasteiger partial charge >= 0.3 is 0 Å². The molecule has 10 atom stereocenters. The van der Waals surface area contributed by atoms with Crippen molar-refractivity contribution in [3.05, 3.63) is 0 Å². The molecule has 0 aromatic heterocycles. The Balaban J connectivity index is 1.65. The van der Waals surface area contributed by atoms with Gasteiger partial charge in [0.15, 0.2) is 0 Å². The average Bonchev–Trinajstić information content (AvgIpc) is 2.98. The zero-order valence-corrected chi connectivity index (χ0v) is 17.9. The molecule has 156 valence electrons. The van der Waals surface area contributed by atoms with Gasteiger partial charge in [0.2, 0.25) is 0 Å². The highest BCUT2D eigenvalue weighted by Crippen LogP contribution is 2.69. The summed E-state index contributed by atoms with van der Waals surface area (Å²) in [4.78, 5) is 0. The summed E-state index contributed by atoms with van der Waals surface area (Å²) < 4.78 is 0. The summed E-state index contributed by atoms with van der Waals surface area (Å²) in [5, 5.41) is 22.0. The molecule has 4 fully saturated rings. The van der Waals surface area contributed by atoms with Gasteiger partial charge in [-0.1, -0.05) is 27.2 Å². The van der Waals surface area contributed by atoms with Crippen LogP contribution in [0.3, 0.4) is 0 Å². The molecule has 0 aromatic carbocycles. The Morgan fingerprint density at radius 1 is 0.926 bits per heavy atom. The molecule has 3 heteroatoms. The summed E-state index contributed by atoms with van der Waals surface area (Å²) in [5.41, 5.74) is 6.55. The van der Waals surface area contributed by atoms with Gasteiger partial charge in [0, 0.05) is 0 Å². The molecule has 0 aromatic rings. The molecule has 27 heavy (non-hydrogen) atoms. The fourth-order valence-electron chi connectivity index (χ4n) is 8.90. The van der Waals surface area contributed by atoms with Crippen LogP contribution < -0.4 is 5.73 Å². The van der Waals surface area contributed by atoms with E-state index >= 15 is 0 Å². The monoisotopic (exact) mass is 377 g/mol. The second-order valence-corrected chi connectivity index (χ2v) is 11.1. The van der Waals surface area contributed by atoms with Crippen molar-refractivity contribution in [2.75, 3.05) is 6.54 Å². The maximum atomic E-state index is 11.6. The molecule has 4 rings (SSSR count).